The standard InChI is InChI=1S/C13H17N3O/c1-13(2)11(7-12(13)17-3)16-9-5-4-6-15-10(9)8-14/h4-6,11-12,16H,7H2,1-3H3. The van der Waals surface area contributed by atoms with E-state index >= 15 is 0 Å². The van der Waals surface area contributed by atoms with E-state index in [4.69, 9.17) is 10.00 Å². The van der Waals surface area contributed by atoms with E-state index < -0.39 is 0 Å². The van der Waals surface area contributed by atoms with Gasteiger partial charge in [0.15, 0.2) is 5.69 Å². The van der Waals surface area contributed by atoms with Crippen molar-refractivity contribution in [3.63, 3.8) is 0 Å². The molecule has 1 aromatic heterocycles. The maximum absolute atomic E-state index is 8.97. The van der Waals surface area contributed by atoms with Gasteiger partial charge in [-0.25, -0.2) is 4.98 Å². The first-order valence-corrected chi connectivity index (χ1v) is 5.74. The van der Waals surface area contributed by atoms with E-state index in [1.54, 1.807) is 13.3 Å². The van der Waals surface area contributed by atoms with Gasteiger partial charge in [-0.15, -0.1) is 0 Å². The molecule has 1 saturated carbocycles. The number of hydrogen-bond donors (Lipinski definition) is 1. The van der Waals surface area contributed by atoms with Crippen molar-refractivity contribution in [1.82, 2.24) is 4.98 Å². The van der Waals surface area contributed by atoms with Gasteiger partial charge in [0, 0.05) is 24.8 Å². The summed E-state index contributed by atoms with van der Waals surface area (Å²) < 4.78 is 5.41. The molecule has 0 radical (unpaired) electrons. The van der Waals surface area contributed by atoms with E-state index in [2.05, 4.69) is 30.2 Å². The van der Waals surface area contributed by atoms with Gasteiger partial charge in [0.05, 0.1) is 11.8 Å². The largest absolute Gasteiger partial charge is 0.381 e. The number of anilines is 1. The second-order valence-electron chi connectivity index (χ2n) is 4.99. The average Bonchev–Trinajstić information content (AvgIpc) is 2.34. The van der Waals surface area contributed by atoms with Crippen LogP contribution in [0.4, 0.5) is 5.69 Å². The maximum Gasteiger partial charge on any atom is 0.163 e. The Balaban J connectivity index is 2.11. The molecular formula is C13H17N3O. The highest BCUT2D eigenvalue weighted by Gasteiger charge is 2.48. The van der Waals surface area contributed by atoms with E-state index in [1.807, 2.05) is 12.1 Å². The topological polar surface area (TPSA) is 57.9 Å². The van der Waals surface area contributed by atoms with Crippen LogP contribution in [0.5, 0.6) is 0 Å². The highest BCUT2D eigenvalue weighted by Crippen LogP contribution is 2.44. The predicted octanol–water partition coefficient (Wildman–Crippen LogP) is 2.18. The predicted molar refractivity (Wildman–Crippen MR) is 65.6 cm³/mol. The summed E-state index contributed by atoms with van der Waals surface area (Å²) in [7, 11) is 1.74. The summed E-state index contributed by atoms with van der Waals surface area (Å²) in [6.45, 7) is 4.34. The van der Waals surface area contributed by atoms with Gasteiger partial charge < -0.3 is 10.1 Å². The Hall–Kier alpha value is -1.60. The summed E-state index contributed by atoms with van der Waals surface area (Å²) in [5, 5.41) is 12.4. The molecule has 4 nitrogen and oxygen atoms in total. The van der Waals surface area contributed by atoms with Gasteiger partial charge in [0.2, 0.25) is 0 Å². The van der Waals surface area contributed by atoms with E-state index in [-0.39, 0.29) is 11.5 Å². The van der Waals surface area contributed by atoms with Gasteiger partial charge in [-0.05, 0) is 18.6 Å². The number of nitrogens with one attached hydrogen (secondary N) is 1. The van der Waals surface area contributed by atoms with Crippen molar-refractivity contribution < 1.29 is 4.74 Å². The van der Waals surface area contributed by atoms with Crippen molar-refractivity contribution in [2.24, 2.45) is 5.41 Å². The fourth-order valence-corrected chi connectivity index (χ4v) is 2.33. The highest BCUT2D eigenvalue weighted by atomic mass is 16.5. The smallest absolute Gasteiger partial charge is 0.163 e. The van der Waals surface area contributed by atoms with Crippen LogP contribution in [0.1, 0.15) is 26.0 Å². The molecule has 0 amide bonds. The van der Waals surface area contributed by atoms with Crippen LogP contribution >= 0.6 is 0 Å². The van der Waals surface area contributed by atoms with Gasteiger partial charge >= 0.3 is 0 Å². The van der Waals surface area contributed by atoms with Crippen molar-refractivity contribution in [3.8, 4) is 6.07 Å². The number of hydrogen-bond acceptors (Lipinski definition) is 4. The van der Waals surface area contributed by atoms with Gasteiger partial charge in [-0.3, -0.25) is 0 Å². The van der Waals surface area contributed by atoms with E-state index in [1.165, 1.54) is 0 Å². The monoisotopic (exact) mass is 231 g/mol. The molecule has 0 bridgehead atoms. The molecule has 1 aliphatic rings. The molecule has 4 heteroatoms. The van der Waals surface area contributed by atoms with E-state index in [0.29, 0.717) is 11.7 Å². The molecule has 2 unspecified atom stereocenters. The third-order valence-electron chi connectivity index (χ3n) is 3.71. The Bertz CT molecular complexity index is 450. The van der Waals surface area contributed by atoms with Gasteiger partial charge in [0.25, 0.3) is 0 Å². The van der Waals surface area contributed by atoms with Crippen molar-refractivity contribution in [3.05, 3.63) is 24.0 Å². The lowest BCUT2D eigenvalue weighted by molar-refractivity contribution is -0.0794. The first kappa shape index (κ1) is 11.9. The van der Waals surface area contributed by atoms with Crippen LogP contribution in [0.2, 0.25) is 0 Å². The van der Waals surface area contributed by atoms with Crippen LogP contribution < -0.4 is 5.32 Å². The molecule has 1 aromatic rings. The molecule has 0 aromatic carbocycles. The average molecular weight is 231 g/mol. The molecule has 1 fully saturated rings. The van der Waals surface area contributed by atoms with Gasteiger partial charge in [-0.1, -0.05) is 13.8 Å². The Morgan fingerprint density at radius 3 is 2.94 bits per heavy atom. The number of ether oxygens (including phenoxy) is 1. The molecule has 2 atom stereocenters. The van der Waals surface area contributed by atoms with E-state index in [0.717, 1.165) is 12.1 Å². The minimum absolute atomic E-state index is 0.0807. The van der Waals surface area contributed by atoms with Crippen LogP contribution in [0.15, 0.2) is 18.3 Å². The fourth-order valence-electron chi connectivity index (χ4n) is 2.33. The first-order valence-electron chi connectivity index (χ1n) is 5.74. The van der Waals surface area contributed by atoms with Crippen LogP contribution in [0.25, 0.3) is 0 Å². The van der Waals surface area contributed by atoms with E-state index in [9.17, 15) is 0 Å². The zero-order valence-corrected chi connectivity index (χ0v) is 10.4. The summed E-state index contributed by atoms with van der Waals surface area (Å²) in [5.74, 6) is 0. The second-order valence-corrected chi connectivity index (χ2v) is 4.99. The Labute approximate surface area is 102 Å². The molecule has 1 N–H and O–H groups in total. The minimum atomic E-state index is 0.0807. The van der Waals surface area contributed by atoms with Crippen molar-refractivity contribution in [1.29, 1.82) is 5.26 Å². The third kappa shape index (κ3) is 1.98. The zero-order valence-electron chi connectivity index (χ0n) is 10.4. The number of nitriles is 1. The number of nitrogens with zero attached hydrogens (tertiary/aromatic N) is 2. The van der Waals surface area contributed by atoms with Gasteiger partial charge in [-0.2, -0.15) is 5.26 Å². The molecule has 17 heavy (non-hydrogen) atoms. The summed E-state index contributed by atoms with van der Waals surface area (Å²) in [6.07, 6.45) is 2.87. The normalized spacial score (nSPS) is 25.8. The maximum atomic E-state index is 8.97. The Morgan fingerprint density at radius 2 is 2.35 bits per heavy atom. The van der Waals surface area contributed by atoms with Crippen molar-refractivity contribution >= 4 is 5.69 Å². The highest BCUT2D eigenvalue weighted by molar-refractivity contribution is 5.54. The lowest BCUT2D eigenvalue weighted by atomic mass is 9.64. The number of rotatable bonds is 3. The molecule has 0 aliphatic heterocycles. The molecule has 2 rings (SSSR count). The number of aromatic nitrogens is 1. The molecular weight excluding hydrogens is 214 g/mol. The summed E-state index contributed by atoms with van der Waals surface area (Å²) in [5.41, 5.74) is 1.34. The molecule has 0 spiro atoms. The molecule has 1 heterocycles. The third-order valence-corrected chi connectivity index (χ3v) is 3.71. The first-order chi connectivity index (χ1) is 8.09. The van der Waals surface area contributed by atoms with Gasteiger partial charge in [0.1, 0.15) is 6.07 Å². The molecule has 0 saturated heterocycles. The Morgan fingerprint density at radius 1 is 1.59 bits per heavy atom. The number of methoxy groups -OCH3 is 1. The van der Waals surface area contributed by atoms with Crippen LogP contribution in [0, 0.1) is 16.7 Å². The van der Waals surface area contributed by atoms with Crippen LogP contribution in [-0.4, -0.2) is 24.2 Å². The fraction of sp³-hybridized carbons (Fsp3) is 0.538. The van der Waals surface area contributed by atoms with Crippen molar-refractivity contribution in [2.75, 3.05) is 12.4 Å². The van der Waals surface area contributed by atoms with Crippen LogP contribution in [-0.2, 0) is 4.74 Å². The lowest BCUT2D eigenvalue weighted by Gasteiger charge is -2.51. The quantitative estimate of drug-likeness (QED) is 0.866. The Kier molecular flexibility index (Phi) is 3.03. The SMILES string of the molecule is COC1CC(Nc2cccnc2C#N)C1(C)C. The molecule has 1 aliphatic carbocycles. The summed E-state index contributed by atoms with van der Waals surface area (Å²) >= 11 is 0. The minimum Gasteiger partial charge on any atom is -0.381 e. The number of pyridine rings is 1. The zero-order chi connectivity index (χ0) is 12.5. The lowest BCUT2D eigenvalue weighted by Crippen LogP contribution is -2.57. The summed E-state index contributed by atoms with van der Waals surface area (Å²) in [4.78, 5) is 4.04. The second kappa shape index (κ2) is 4.34. The summed E-state index contributed by atoms with van der Waals surface area (Å²) in [6, 6.07) is 6.15. The van der Waals surface area contributed by atoms with Crippen LogP contribution in [0.3, 0.4) is 0 Å². The van der Waals surface area contributed by atoms with Crippen molar-refractivity contribution in [2.45, 2.75) is 32.4 Å². The molecule has 90 valence electrons.